The molecular formula is C13H16N4OS. The number of hydrogen-bond donors (Lipinski definition) is 2. The molecule has 6 heteroatoms. The fraction of sp³-hybridized carbons (Fsp3) is 0.231. The van der Waals surface area contributed by atoms with Crippen LogP contribution in [0.5, 0.6) is 0 Å². The highest BCUT2D eigenvalue weighted by molar-refractivity contribution is 7.98. The van der Waals surface area contributed by atoms with E-state index in [1.807, 2.05) is 0 Å². The zero-order valence-corrected chi connectivity index (χ0v) is 11.5. The Bertz CT molecular complexity index is 550. The molecule has 100 valence electrons. The van der Waals surface area contributed by atoms with Gasteiger partial charge in [-0.2, -0.15) is 5.10 Å². The maximum Gasteiger partial charge on any atom is 0.239 e. The van der Waals surface area contributed by atoms with Crippen molar-refractivity contribution in [2.45, 2.75) is 18.0 Å². The van der Waals surface area contributed by atoms with Gasteiger partial charge in [0.2, 0.25) is 5.91 Å². The predicted octanol–water partition coefficient (Wildman–Crippen LogP) is 1.70. The summed E-state index contributed by atoms with van der Waals surface area (Å²) in [4.78, 5) is 12.0. The molecule has 0 spiro atoms. The molecule has 2 rings (SSSR count). The fourth-order valence-electron chi connectivity index (χ4n) is 1.65. The first-order chi connectivity index (χ1) is 9.17. The summed E-state index contributed by atoms with van der Waals surface area (Å²) in [7, 11) is 0. The number of benzene rings is 1. The molecule has 1 amide bonds. The third-order valence-electron chi connectivity index (χ3n) is 2.61. The summed E-state index contributed by atoms with van der Waals surface area (Å²) in [5, 5.41) is 7.30. The number of primary amides is 1. The fourth-order valence-corrected chi connectivity index (χ4v) is 2.06. The van der Waals surface area contributed by atoms with Crippen LogP contribution in [0.4, 0.5) is 5.69 Å². The Morgan fingerprint density at radius 3 is 2.79 bits per heavy atom. The number of aromatic nitrogens is 2. The smallest absolute Gasteiger partial charge is 0.239 e. The standard InChI is InChI=1S/C13H16N4OS/c1-19-12-4-2-10(3-5-12)6-15-11-7-16-17(8-11)9-13(14)18/h2-5,7-8,15H,6,9H2,1H3,(H2,14,18). The first-order valence-corrected chi connectivity index (χ1v) is 7.07. The number of rotatable bonds is 6. The molecule has 0 aliphatic rings. The molecule has 0 aliphatic heterocycles. The summed E-state index contributed by atoms with van der Waals surface area (Å²) in [6, 6.07) is 8.37. The summed E-state index contributed by atoms with van der Waals surface area (Å²) < 4.78 is 1.52. The Kier molecular flexibility index (Phi) is 4.46. The van der Waals surface area contributed by atoms with Gasteiger partial charge in [0.05, 0.1) is 11.9 Å². The summed E-state index contributed by atoms with van der Waals surface area (Å²) in [6.45, 7) is 0.820. The lowest BCUT2D eigenvalue weighted by molar-refractivity contribution is -0.118. The quantitative estimate of drug-likeness (QED) is 0.788. The van der Waals surface area contributed by atoms with E-state index >= 15 is 0 Å². The van der Waals surface area contributed by atoms with Gasteiger partial charge in [-0.1, -0.05) is 12.1 Å². The van der Waals surface area contributed by atoms with Gasteiger partial charge in [0.15, 0.2) is 0 Å². The van der Waals surface area contributed by atoms with E-state index in [-0.39, 0.29) is 6.54 Å². The molecule has 3 N–H and O–H groups in total. The minimum Gasteiger partial charge on any atom is -0.378 e. The first-order valence-electron chi connectivity index (χ1n) is 5.85. The Labute approximate surface area is 116 Å². The van der Waals surface area contributed by atoms with Gasteiger partial charge < -0.3 is 11.1 Å². The van der Waals surface area contributed by atoms with Crippen LogP contribution in [0.15, 0.2) is 41.6 Å². The number of carbonyl (C=O) groups excluding carboxylic acids is 1. The zero-order chi connectivity index (χ0) is 13.7. The highest BCUT2D eigenvalue weighted by Crippen LogP contribution is 2.15. The van der Waals surface area contributed by atoms with Crippen LogP contribution in [-0.4, -0.2) is 21.9 Å². The van der Waals surface area contributed by atoms with E-state index in [0.29, 0.717) is 0 Å². The number of carbonyl (C=O) groups is 1. The van der Waals surface area contributed by atoms with Crippen LogP contribution in [0.1, 0.15) is 5.56 Å². The van der Waals surface area contributed by atoms with Crippen molar-refractivity contribution in [3.8, 4) is 0 Å². The van der Waals surface area contributed by atoms with E-state index in [1.54, 1.807) is 24.2 Å². The van der Waals surface area contributed by atoms with Crippen molar-refractivity contribution in [2.75, 3.05) is 11.6 Å². The Balaban J connectivity index is 1.90. The van der Waals surface area contributed by atoms with Crippen LogP contribution in [0.25, 0.3) is 0 Å². The second kappa shape index (κ2) is 6.29. The lowest BCUT2D eigenvalue weighted by Crippen LogP contribution is -2.18. The highest BCUT2D eigenvalue weighted by Gasteiger charge is 2.01. The van der Waals surface area contributed by atoms with Crippen LogP contribution in [-0.2, 0) is 17.9 Å². The molecular weight excluding hydrogens is 260 g/mol. The van der Waals surface area contributed by atoms with E-state index in [1.165, 1.54) is 15.1 Å². The monoisotopic (exact) mass is 276 g/mol. The predicted molar refractivity (Wildman–Crippen MR) is 77.0 cm³/mol. The van der Waals surface area contributed by atoms with E-state index in [4.69, 9.17) is 5.73 Å². The van der Waals surface area contributed by atoms with Crippen LogP contribution >= 0.6 is 11.8 Å². The Hall–Kier alpha value is -1.95. The van der Waals surface area contributed by atoms with E-state index in [9.17, 15) is 4.79 Å². The maximum atomic E-state index is 10.8. The molecule has 0 saturated carbocycles. The van der Waals surface area contributed by atoms with Gasteiger partial charge in [-0.05, 0) is 24.0 Å². The molecule has 0 saturated heterocycles. The van der Waals surface area contributed by atoms with Gasteiger partial charge >= 0.3 is 0 Å². The van der Waals surface area contributed by atoms with Crippen LogP contribution < -0.4 is 11.1 Å². The topological polar surface area (TPSA) is 72.9 Å². The number of hydrogen-bond acceptors (Lipinski definition) is 4. The van der Waals surface area contributed by atoms with Crippen LogP contribution in [0.3, 0.4) is 0 Å². The Morgan fingerprint density at radius 1 is 1.42 bits per heavy atom. The molecule has 19 heavy (non-hydrogen) atoms. The maximum absolute atomic E-state index is 10.8. The molecule has 1 aromatic heterocycles. The number of nitrogens with two attached hydrogens (primary N) is 1. The van der Waals surface area contributed by atoms with Crippen molar-refractivity contribution in [1.82, 2.24) is 9.78 Å². The lowest BCUT2D eigenvalue weighted by Gasteiger charge is -2.04. The first kappa shape index (κ1) is 13.5. The van der Waals surface area contributed by atoms with E-state index in [0.717, 1.165) is 12.2 Å². The molecule has 5 nitrogen and oxygen atoms in total. The van der Waals surface area contributed by atoms with Gasteiger partial charge in [-0.15, -0.1) is 11.8 Å². The lowest BCUT2D eigenvalue weighted by atomic mass is 10.2. The molecule has 1 aromatic carbocycles. The number of amides is 1. The average Bonchev–Trinajstić information content (AvgIpc) is 2.84. The van der Waals surface area contributed by atoms with Crippen molar-refractivity contribution in [1.29, 1.82) is 0 Å². The molecule has 2 aromatic rings. The van der Waals surface area contributed by atoms with E-state index < -0.39 is 5.91 Å². The molecule has 0 unspecified atom stereocenters. The normalized spacial score (nSPS) is 10.4. The third-order valence-corrected chi connectivity index (χ3v) is 3.35. The zero-order valence-electron chi connectivity index (χ0n) is 10.7. The summed E-state index contributed by atoms with van der Waals surface area (Å²) >= 11 is 1.72. The SMILES string of the molecule is CSc1ccc(CNc2cnn(CC(N)=O)c2)cc1. The van der Waals surface area contributed by atoms with Gasteiger partial charge in [0.25, 0.3) is 0 Å². The minimum atomic E-state index is -0.401. The van der Waals surface area contributed by atoms with E-state index in [2.05, 4.69) is 40.9 Å². The van der Waals surface area contributed by atoms with Gasteiger partial charge in [-0.3, -0.25) is 9.48 Å². The molecule has 0 bridgehead atoms. The van der Waals surface area contributed by atoms with Crippen molar-refractivity contribution >= 4 is 23.4 Å². The number of nitrogens with one attached hydrogen (secondary N) is 1. The summed E-state index contributed by atoms with van der Waals surface area (Å²) in [5.74, 6) is -0.401. The van der Waals surface area contributed by atoms with Crippen molar-refractivity contribution in [3.63, 3.8) is 0 Å². The summed E-state index contributed by atoms with van der Waals surface area (Å²) in [5.41, 5.74) is 7.17. The average molecular weight is 276 g/mol. The second-order valence-electron chi connectivity index (χ2n) is 4.09. The third kappa shape index (κ3) is 4.03. The number of anilines is 1. The van der Waals surface area contributed by atoms with Crippen molar-refractivity contribution in [3.05, 3.63) is 42.2 Å². The summed E-state index contributed by atoms with van der Waals surface area (Å²) in [6.07, 6.45) is 5.50. The van der Waals surface area contributed by atoms with Crippen molar-refractivity contribution in [2.24, 2.45) is 5.73 Å². The molecule has 0 fully saturated rings. The number of thioether (sulfide) groups is 1. The van der Waals surface area contributed by atoms with Gasteiger partial charge in [0, 0.05) is 17.6 Å². The van der Waals surface area contributed by atoms with Gasteiger partial charge in [-0.25, -0.2) is 0 Å². The van der Waals surface area contributed by atoms with Crippen molar-refractivity contribution < 1.29 is 4.79 Å². The minimum absolute atomic E-state index is 0.101. The largest absolute Gasteiger partial charge is 0.378 e. The van der Waals surface area contributed by atoms with Gasteiger partial charge in [0.1, 0.15) is 6.54 Å². The van der Waals surface area contributed by atoms with Crippen LogP contribution in [0, 0.1) is 0 Å². The Morgan fingerprint density at radius 2 is 2.16 bits per heavy atom. The molecule has 0 aliphatic carbocycles. The molecule has 1 heterocycles. The molecule has 0 atom stereocenters. The number of nitrogens with zero attached hydrogens (tertiary/aromatic N) is 2. The highest BCUT2D eigenvalue weighted by atomic mass is 32.2. The second-order valence-corrected chi connectivity index (χ2v) is 4.97. The van der Waals surface area contributed by atoms with Crippen LogP contribution in [0.2, 0.25) is 0 Å². The molecule has 0 radical (unpaired) electrons.